The van der Waals surface area contributed by atoms with Crippen molar-refractivity contribution in [2.45, 2.75) is 0 Å². The highest BCUT2D eigenvalue weighted by Crippen LogP contribution is 2.34. The van der Waals surface area contributed by atoms with Crippen molar-refractivity contribution in [2.24, 2.45) is 0 Å². The van der Waals surface area contributed by atoms with Crippen molar-refractivity contribution >= 4 is 46.2 Å². The Balaban J connectivity index is 2.25. The van der Waals surface area contributed by atoms with Gasteiger partial charge in [0.2, 0.25) is 0 Å². The molecule has 94 valence electrons. The zero-order valence-electron chi connectivity index (χ0n) is 9.51. The Labute approximate surface area is 120 Å². The van der Waals surface area contributed by atoms with Crippen molar-refractivity contribution in [3.63, 3.8) is 0 Å². The van der Waals surface area contributed by atoms with Gasteiger partial charge in [0.25, 0.3) is 0 Å². The summed E-state index contributed by atoms with van der Waals surface area (Å²) in [6.45, 7) is 0. The van der Waals surface area contributed by atoms with Gasteiger partial charge >= 0.3 is 0 Å². The van der Waals surface area contributed by atoms with E-state index >= 15 is 0 Å². The summed E-state index contributed by atoms with van der Waals surface area (Å²) in [5.41, 5.74) is 1.59. The van der Waals surface area contributed by atoms with Gasteiger partial charge in [0.1, 0.15) is 5.75 Å². The quantitative estimate of drug-likeness (QED) is 0.767. The van der Waals surface area contributed by atoms with Gasteiger partial charge < -0.3 is 10.1 Å². The van der Waals surface area contributed by atoms with Crippen LogP contribution < -0.4 is 10.1 Å². The molecule has 0 amide bonds. The van der Waals surface area contributed by atoms with E-state index in [2.05, 4.69) is 5.32 Å². The molecule has 2 aromatic rings. The lowest BCUT2D eigenvalue weighted by Gasteiger charge is -2.10. The van der Waals surface area contributed by atoms with Crippen LogP contribution in [0.15, 0.2) is 36.4 Å². The first-order valence-corrected chi connectivity index (χ1v) is 6.29. The summed E-state index contributed by atoms with van der Waals surface area (Å²) in [6, 6.07) is 10.8. The summed E-state index contributed by atoms with van der Waals surface area (Å²) < 4.78 is 5.09. The predicted molar refractivity (Wildman–Crippen MR) is 77.7 cm³/mol. The molecule has 2 nitrogen and oxygen atoms in total. The number of methoxy groups -OCH3 is 1. The smallest absolute Gasteiger partial charge is 0.119 e. The molecule has 0 aliphatic carbocycles. The number of rotatable bonds is 3. The summed E-state index contributed by atoms with van der Waals surface area (Å²) in [5, 5.41) is 4.56. The molecular weight excluding hydrogens is 293 g/mol. The van der Waals surface area contributed by atoms with E-state index in [0.717, 1.165) is 11.4 Å². The second-order valence-electron chi connectivity index (χ2n) is 3.60. The highest BCUT2D eigenvalue weighted by molar-refractivity contribution is 6.44. The lowest BCUT2D eigenvalue weighted by Crippen LogP contribution is -1.92. The van der Waals surface area contributed by atoms with Gasteiger partial charge in [-0.15, -0.1) is 0 Å². The van der Waals surface area contributed by atoms with Gasteiger partial charge in [-0.05, 0) is 36.4 Å². The zero-order valence-corrected chi connectivity index (χ0v) is 11.8. The number of nitrogens with one attached hydrogen (secondary N) is 1. The molecule has 5 heteroatoms. The van der Waals surface area contributed by atoms with E-state index in [-0.39, 0.29) is 0 Å². The second kappa shape index (κ2) is 5.70. The molecule has 0 fully saturated rings. The maximum atomic E-state index is 6.08. The fourth-order valence-electron chi connectivity index (χ4n) is 1.45. The van der Waals surface area contributed by atoms with Crippen LogP contribution in [0.3, 0.4) is 0 Å². The number of anilines is 2. The summed E-state index contributed by atoms with van der Waals surface area (Å²) in [5.74, 6) is 0.792. The lowest BCUT2D eigenvalue weighted by molar-refractivity contribution is 0.415. The Morgan fingerprint density at radius 2 is 1.50 bits per heavy atom. The van der Waals surface area contributed by atoms with Gasteiger partial charge in [-0.2, -0.15) is 0 Å². The molecule has 0 spiro atoms. The van der Waals surface area contributed by atoms with E-state index in [9.17, 15) is 0 Å². The molecule has 0 heterocycles. The monoisotopic (exact) mass is 301 g/mol. The minimum absolute atomic E-state index is 0.432. The van der Waals surface area contributed by atoms with E-state index < -0.39 is 0 Å². The van der Waals surface area contributed by atoms with Crippen LogP contribution in [0.4, 0.5) is 11.4 Å². The molecule has 2 rings (SSSR count). The normalized spacial score (nSPS) is 10.2. The third-order valence-corrected chi connectivity index (χ3v) is 3.41. The molecule has 0 radical (unpaired) electrons. The Bertz CT molecular complexity index is 555. The molecule has 1 N–H and O–H groups in total. The van der Waals surface area contributed by atoms with Crippen molar-refractivity contribution in [3.8, 4) is 5.75 Å². The van der Waals surface area contributed by atoms with Crippen molar-refractivity contribution in [2.75, 3.05) is 12.4 Å². The molecule has 0 aliphatic heterocycles. The number of hydrogen-bond donors (Lipinski definition) is 1. The molecular formula is C13H10Cl3NO. The Hall–Kier alpha value is -1.09. The molecule has 18 heavy (non-hydrogen) atoms. The van der Waals surface area contributed by atoms with Gasteiger partial charge in [-0.3, -0.25) is 0 Å². The Morgan fingerprint density at radius 3 is 2.11 bits per heavy atom. The van der Waals surface area contributed by atoms with Crippen molar-refractivity contribution in [1.29, 1.82) is 0 Å². The van der Waals surface area contributed by atoms with Gasteiger partial charge in [0.15, 0.2) is 0 Å². The molecule has 0 aliphatic rings. The number of halogens is 3. The summed E-state index contributed by atoms with van der Waals surface area (Å²) in [6.07, 6.45) is 0. The summed E-state index contributed by atoms with van der Waals surface area (Å²) in [4.78, 5) is 0. The van der Waals surface area contributed by atoms with Crippen LogP contribution in [0.2, 0.25) is 15.1 Å². The van der Waals surface area contributed by atoms with Crippen LogP contribution in [-0.2, 0) is 0 Å². The van der Waals surface area contributed by atoms with Crippen LogP contribution in [0.25, 0.3) is 0 Å². The van der Waals surface area contributed by atoms with E-state index in [1.807, 2.05) is 24.3 Å². The first-order valence-electron chi connectivity index (χ1n) is 5.16. The van der Waals surface area contributed by atoms with Gasteiger partial charge in [-0.25, -0.2) is 0 Å². The van der Waals surface area contributed by atoms with Crippen molar-refractivity contribution in [3.05, 3.63) is 51.5 Å². The molecule has 0 atom stereocenters. The summed E-state index contributed by atoms with van der Waals surface area (Å²) in [7, 11) is 1.62. The molecule has 0 aromatic heterocycles. The fraction of sp³-hybridized carbons (Fsp3) is 0.0769. The largest absolute Gasteiger partial charge is 0.497 e. The first-order chi connectivity index (χ1) is 8.60. The van der Waals surface area contributed by atoms with Crippen LogP contribution >= 0.6 is 34.8 Å². The average Bonchev–Trinajstić information content (AvgIpc) is 2.37. The van der Waals surface area contributed by atoms with E-state index in [4.69, 9.17) is 39.5 Å². The number of hydrogen-bond acceptors (Lipinski definition) is 2. The van der Waals surface area contributed by atoms with Gasteiger partial charge in [0.05, 0.1) is 27.9 Å². The maximum absolute atomic E-state index is 6.08. The molecule has 0 unspecified atom stereocenters. The zero-order chi connectivity index (χ0) is 13.1. The average molecular weight is 303 g/mol. The highest BCUT2D eigenvalue weighted by atomic mass is 35.5. The van der Waals surface area contributed by atoms with Gasteiger partial charge in [0, 0.05) is 5.69 Å². The minimum atomic E-state index is 0.432. The fourth-order valence-corrected chi connectivity index (χ4v) is 2.04. The number of ether oxygens (including phenoxy) is 1. The molecule has 2 aromatic carbocycles. The maximum Gasteiger partial charge on any atom is 0.119 e. The van der Waals surface area contributed by atoms with Crippen LogP contribution in [0, 0.1) is 0 Å². The third-order valence-electron chi connectivity index (χ3n) is 2.38. The Morgan fingerprint density at radius 1 is 0.889 bits per heavy atom. The molecule has 0 saturated heterocycles. The van der Waals surface area contributed by atoms with Gasteiger partial charge in [-0.1, -0.05) is 34.8 Å². The molecule has 0 saturated carbocycles. The summed E-state index contributed by atoms with van der Waals surface area (Å²) >= 11 is 17.9. The standard InChI is InChI=1S/C13H10Cl3NO/c1-18-9-4-2-8(3-5-9)17-13-7-11(15)10(14)6-12(13)16/h2-7,17H,1H3. The van der Waals surface area contributed by atoms with Crippen LogP contribution in [0.1, 0.15) is 0 Å². The third kappa shape index (κ3) is 3.02. The second-order valence-corrected chi connectivity index (χ2v) is 4.82. The minimum Gasteiger partial charge on any atom is -0.497 e. The highest BCUT2D eigenvalue weighted by Gasteiger charge is 2.06. The lowest BCUT2D eigenvalue weighted by atomic mass is 10.2. The van der Waals surface area contributed by atoms with Crippen molar-refractivity contribution < 1.29 is 4.74 Å². The Kier molecular flexibility index (Phi) is 4.23. The van der Waals surface area contributed by atoms with E-state index in [1.54, 1.807) is 19.2 Å². The van der Waals surface area contributed by atoms with E-state index in [1.165, 1.54) is 0 Å². The van der Waals surface area contributed by atoms with E-state index in [0.29, 0.717) is 20.8 Å². The van der Waals surface area contributed by atoms with Crippen molar-refractivity contribution in [1.82, 2.24) is 0 Å². The predicted octanol–water partition coefficient (Wildman–Crippen LogP) is 5.40. The number of benzene rings is 2. The topological polar surface area (TPSA) is 21.3 Å². The SMILES string of the molecule is COc1ccc(Nc2cc(Cl)c(Cl)cc2Cl)cc1. The first kappa shape index (κ1) is 13.3. The van der Waals surface area contributed by atoms with Crippen LogP contribution in [0.5, 0.6) is 5.75 Å². The molecule has 0 bridgehead atoms. The van der Waals surface area contributed by atoms with Crippen LogP contribution in [-0.4, -0.2) is 7.11 Å².